The second-order valence-electron chi connectivity index (χ2n) is 0. The Morgan fingerprint density at radius 1 is 0.500 bits per heavy atom. The second-order valence-corrected chi connectivity index (χ2v) is 0. The first-order valence-electron chi connectivity index (χ1n) is 0. The van der Waals surface area contributed by atoms with Gasteiger partial charge in [0, 0.05) is 21.1 Å². The Hall–Kier alpha value is 0.758. The van der Waals surface area contributed by atoms with E-state index in [1.54, 1.807) is 0 Å². The van der Waals surface area contributed by atoms with E-state index < -0.39 is 0 Å². The summed E-state index contributed by atoms with van der Waals surface area (Å²) in [7, 11) is 0. The zero-order valence-corrected chi connectivity index (χ0v) is 6.08. The second kappa shape index (κ2) is 227. The van der Waals surface area contributed by atoms with Gasteiger partial charge in [0.05, 0.1) is 0 Å². The monoisotopic (exact) mass is 292 g/mol. The molecule has 0 nitrogen and oxygen atoms in total. The number of rotatable bonds is 0. The molecule has 0 unspecified atom stereocenters. The van der Waals surface area contributed by atoms with Crippen LogP contribution in [-0.4, -0.2) is 0 Å². The normalized spacial score (nSPS) is 0. The third kappa shape index (κ3) is 117. The Kier molecular flexibility index (Phi) is 14700. The minimum absolute atomic E-state index is 0. The van der Waals surface area contributed by atoms with Gasteiger partial charge in [0.25, 0.3) is 0 Å². The van der Waals surface area contributed by atoms with E-state index in [9.17, 15) is 0 Å². The van der Waals surface area contributed by atoms with Gasteiger partial charge in [-0.3, -0.25) is 0 Å². The Labute approximate surface area is 53.9 Å². The molecule has 0 aromatic carbocycles. The maximum atomic E-state index is 0. The molecule has 0 saturated heterocycles. The topological polar surface area (TPSA) is 0 Å². The van der Waals surface area contributed by atoms with Crippen LogP contribution in [0, 0.1) is 0 Å². The van der Waals surface area contributed by atoms with Crippen molar-refractivity contribution in [2.24, 2.45) is 0 Å². The van der Waals surface area contributed by atoms with Gasteiger partial charge in [-0.2, -0.15) is 0 Å². The van der Waals surface area contributed by atoms with Crippen molar-refractivity contribution in [1.82, 2.24) is 0 Å². The summed E-state index contributed by atoms with van der Waals surface area (Å²) in [5, 5.41) is 0. The van der Waals surface area contributed by atoms with Crippen LogP contribution in [0.15, 0.2) is 0 Å². The molecule has 0 atom stereocenters. The predicted octanol–water partition coefficient (Wildman–Crippen LogP) is -12.0. The molecule has 0 bridgehead atoms. The largest absolute Gasteiger partial charge is 2.00 e. The Bertz CT molecular complexity index is 7.51. The van der Waals surface area contributed by atoms with Crippen LogP contribution < -0.4 is 18.8 Å². The van der Waals surface area contributed by atoms with Crippen LogP contribution in [0.25, 0.3) is 0 Å². The molecule has 0 aromatic rings. The smallest absolute Gasteiger partial charge is 0 e. The maximum absolute atomic E-state index is 0. The fourth-order valence-electron chi connectivity index (χ4n) is 0. The van der Waals surface area contributed by atoms with Gasteiger partial charge in [-0.15, -0.1) is 0 Å². The van der Waals surface area contributed by atoms with Gasteiger partial charge in [0.1, 0.15) is 0 Å². The van der Waals surface area contributed by atoms with Crippen LogP contribution in [-0.2, 0) is 34.6 Å². The third-order valence-electron chi connectivity index (χ3n) is 0. The van der Waals surface area contributed by atoms with E-state index in [0.717, 1.165) is 0 Å². The molecule has 0 rings (SSSR count). The van der Waals surface area contributed by atoms with E-state index in [1.165, 1.54) is 0 Å². The summed E-state index contributed by atoms with van der Waals surface area (Å²) in [6.07, 6.45) is 0. The SMILES string of the molecule is [F-].[F-].[F-].[F-].[S-2].[W]. The van der Waals surface area contributed by atoms with E-state index >= 15 is 0 Å². The van der Waals surface area contributed by atoms with Crippen molar-refractivity contribution in [3.05, 3.63) is 0 Å². The summed E-state index contributed by atoms with van der Waals surface area (Å²) >= 11 is 0. The van der Waals surface area contributed by atoms with Crippen molar-refractivity contribution in [3.8, 4) is 0 Å². The average molecular weight is 292 g/mol. The van der Waals surface area contributed by atoms with Gasteiger partial charge in [-0.1, -0.05) is 0 Å². The molecule has 0 aliphatic heterocycles. The number of halogens is 4. The van der Waals surface area contributed by atoms with Crippen LogP contribution in [0.5, 0.6) is 0 Å². The van der Waals surface area contributed by atoms with Crippen LogP contribution in [0.3, 0.4) is 0 Å². The van der Waals surface area contributed by atoms with Crippen molar-refractivity contribution in [1.29, 1.82) is 0 Å². The fraction of sp³-hybridized carbons (Fsp3) is 0. The van der Waals surface area contributed by atoms with Gasteiger partial charge < -0.3 is 32.3 Å². The summed E-state index contributed by atoms with van der Waals surface area (Å²) in [5.41, 5.74) is 0. The maximum Gasteiger partial charge on any atom is 0 e. The fourth-order valence-corrected chi connectivity index (χ4v) is 0. The molecule has 0 aliphatic rings. The summed E-state index contributed by atoms with van der Waals surface area (Å²) < 4.78 is 0. The molecule has 0 fully saturated rings. The zero-order chi connectivity index (χ0) is 0. The van der Waals surface area contributed by atoms with E-state index in [-0.39, 0.29) is 53.4 Å². The summed E-state index contributed by atoms with van der Waals surface area (Å²) in [6, 6.07) is 0. The van der Waals surface area contributed by atoms with Crippen LogP contribution in [0.4, 0.5) is 0 Å². The first-order chi connectivity index (χ1) is 0. The first-order valence-corrected chi connectivity index (χ1v) is 0. The molecule has 0 N–H and O–H groups in total. The molecule has 0 radical (unpaired) electrons. The molecular formula is F4SW-6. The van der Waals surface area contributed by atoms with Gasteiger partial charge in [0.2, 0.25) is 0 Å². The Morgan fingerprint density at radius 3 is 0.500 bits per heavy atom. The molecule has 0 amide bonds. The molecule has 0 heterocycles. The molecule has 6 heavy (non-hydrogen) atoms. The van der Waals surface area contributed by atoms with Crippen LogP contribution in [0.1, 0.15) is 0 Å². The van der Waals surface area contributed by atoms with Crippen molar-refractivity contribution < 1.29 is 39.9 Å². The van der Waals surface area contributed by atoms with Gasteiger partial charge in [0.15, 0.2) is 0 Å². The quantitative estimate of drug-likeness (QED) is 0.389. The molecule has 46 valence electrons. The van der Waals surface area contributed by atoms with E-state index in [1.807, 2.05) is 0 Å². The summed E-state index contributed by atoms with van der Waals surface area (Å²) in [6.45, 7) is 0. The summed E-state index contributed by atoms with van der Waals surface area (Å²) in [5.74, 6) is 0. The molecule has 0 spiro atoms. The minimum atomic E-state index is 0. The third-order valence-corrected chi connectivity index (χ3v) is 0. The van der Waals surface area contributed by atoms with E-state index in [2.05, 4.69) is 0 Å². The van der Waals surface area contributed by atoms with Crippen molar-refractivity contribution in [2.75, 3.05) is 0 Å². The first kappa shape index (κ1) is 390. The number of hydrogen-bond donors (Lipinski definition) is 0. The molecule has 0 aromatic heterocycles. The van der Waals surface area contributed by atoms with Crippen molar-refractivity contribution in [3.63, 3.8) is 0 Å². The summed E-state index contributed by atoms with van der Waals surface area (Å²) in [4.78, 5) is 0. The van der Waals surface area contributed by atoms with Gasteiger partial charge >= 0.3 is 0 Å². The molecule has 6 heteroatoms. The molecule has 0 saturated carbocycles. The van der Waals surface area contributed by atoms with Gasteiger partial charge in [-0.05, 0) is 0 Å². The Balaban J connectivity index is 0. The predicted molar refractivity (Wildman–Crippen MR) is 7.37 cm³/mol. The standard InChI is InChI=1S/4FH.S.W/h4*1H;;/q;;;;-2;/p-4. The minimum Gasteiger partial charge on any atom is -2.00 e. The molecular weight excluding hydrogens is 292 g/mol. The average Bonchev–Trinajstić information content (AvgIpc) is 0. The number of hydrogen-bond acceptors (Lipinski definition) is 0. The van der Waals surface area contributed by atoms with E-state index in [4.69, 9.17) is 0 Å². The Morgan fingerprint density at radius 2 is 0.500 bits per heavy atom. The van der Waals surface area contributed by atoms with Crippen molar-refractivity contribution >= 4 is 13.5 Å². The zero-order valence-electron chi connectivity index (χ0n) is 2.33. The van der Waals surface area contributed by atoms with Crippen LogP contribution in [0.2, 0.25) is 0 Å². The van der Waals surface area contributed by atoms with Crippen LogP contribution >= 0.6 is 0 Å². The van der Waals surface area contributed by atoms with E-state index in [0.29, 0.717) is 0 Å². The van der Waals surface area contributed by atoms with Gasteiger partial charge in [-0.25, -0.2) is 0 Å². The van der Waals surface area contributed by atoms with Crippen molar-refractivity contribution in [2.45, 2.75) is 0 Å². The molecule has 0 aliphatic carbocycles.